The first-order valence-electron chi connectivity index (χ1n) is 4.95. The molecule has 2 rings (SSSR count). The molecule has 1 aromatic rings. The number of ether oxygens (including phenoxy) is 1. The van der Waals surface area contributed by atoms with Crippen LogP contribution in [-0.2, 0) is 16.0 Å². The van der Waals surface area contributed by atoms with E-state index in [1.165, 1.54) is 7.11 Å². The fraction of sp³-hybridized carbons (Fsp3) is 0.455. The maximum atomic E-state index is 11.5. The van der Waals surface area contributed by atoms with Crippen molar-refractivity contribution in [3.8, 4) is 0 Å². The van der Waals surface area contributed by atoms with Crippen molar-refractivity contribution in [1.29, 1.82) is 0 Å². The minimum absolute atomic E-state index is 0.217. The molecule has 80 valence electrons. The highest BCUT2D eigenvalue weighted by Gasteiger charge is 2.29. The van der Waals surface area contributed by atoms with Gasteiger partial charge in [-0.1, -0.05) is 11.6 Å². The molecule has 0 fully saturated rings. The highest BCUT2D eigenvalue weighted by atomic mass is 35.5. The van der Waals surface area contributed by atoms with Crippen LogP contribution in [0.1, 0.15) is 30.0 Å². The third kappa shape index (κ3) is 1.84. The van der Waals surface area contributed by atoms with Crippen molar-refractivity contribution in [3.05, 3.63) is 28.5 Å². The van der Waals surface area contributed by atoms with E-state index in [-0.39, 0.29) is 11.9 Å². The monoisotopic (exact) mass is 225 g/mol. The molecule has 1 heterocycles. The molecule has 0 saturated carbocycles. The van der Waals surface area contributed by atoms with Gasteiger partial charge in [0.2, 0.25) is 0 Å². The summed E-state index contributed by atoms with van der Waals surface area (Å²) < 4.78 is 4.76. The van der Waals surface area contributed by atoms with Gasteiger partial charge >= 0.3 is 5.97 Å². The average Bonchev–Trinajstić information content (AvgIpc) is 2.28. The molecule has 1 unspecified atom stereocenters. The Balaban J connectivity index is 2.42. The van der Waals surface area contributed by atoms with Crippen molar-refractivity contribution in [1.82, 2.24) is 4.98 Å². The van der Waals surface area contributed by atoms with Crippen LogP contribution in [0.25, 0.3) is 0 Å². The molecule has 1 aromatic heterocycles. The second-order valence-corrected chi connectivity index (χ2v) is 4.03. The summed E-state index contributed by atoms with van der Waals surface area (Å²) in [6, 6.07) is 1.76. The largest absolute Gasteiger partial charge is 0.469 e. The Morgan fingerprint density at radius 3 is 3.20 bits per heavy atom. The molecule has 1 aliphatic rings. The van der Waals surface area contributed by atoms with Gasteiger partial charge in [0.15, 0.2) is 0 Å². The van der Waals surface area contributed by atoms with Crippen LogP contribution in [0.15, 0.2) is 12.3 Å². The second kappa shape index (κ2) is 4.19. The molecular weight excluding hydrogens is 214 g/mol. The topological polar surface area (TPSA) is 39.2 Å². The molecule has 0 spiro atoms. The number of pyridine rings is 1. The Bertz CT molecular complexity index is 392. The van der Waals surface area contributed by atoms with Crippen LogP contribution in [0.3, 0.4) is 0 Å². The lowest BCUT2D eigenvalue weighted by Gasteiger charge is -2.22. The Labute approximate surface area is 93.4 Å². The zero-order chi connectivity index (χ0) is 10.8. The molecule has 0 saturated heterocycles. The van der Waals surface area contributed by atoms with Crippen LogP contribution in [0, 0.1) is 0 Å². The number of nitrogens with zero attached hydrogens (tertiary/aromatic N) is 1. The molecule has 0 amide bonds. The maximum Gasteiger partial charge on any atom is 0.314 e. The smallest absolute Gasteiger partial charge is 0.314 e. The van der Waals surface area contributed by atoms with E-state index in [4.69, 9.17) is 16.3 Å². The standard InChI is InChI=1S/C11H12ClNO2/c1-15-11(14)8-4-2-3-7-9(12)5-6-13-10(7)8/h5-6,8H,2-4H2,1H3. The fourth-order valence-electron chi connectivity index (χ4n) is 2.02. The molecular formula is C11H12ClNO2. The first kappa shape index (κ1) is 10.4. The molecule has 15 heavy (non-hydrogen) atoms. The Kier molecular flexibility index (Phi) is 2.91. The number of esters is 1. The van der Waals surface area contributed by atoms with E-state index in [9.17, 15) is 4.79 Å². The molecule has 0 bridgehead atoms. The van der Waals surface area contributed by atoms with Crippen LogP contribution in [0.4, 0.5) is 0 Å². The summed E-state index contributed by atoms with van der Waals surface area (Å²) in [6.07, 6.45) is 4.29. The van der Waals surface area contributed by atoms with Crippen molar-refractivity contribution >= 4 is 17.6 Å². The van der Waals surface area contributed by atoms with Crippen molar-refractivity contribution in [2.75, 3.05) is 7.11 Å². The van der Waals surface area contributed by atoms with E-state index < -0.39 is 0 Å². The maximum absolute atomic E-state index is 11.5. The van der Waals surface area contributed by atoms with E-state index >= 15 is 0 Å². The van der Waals surface area contributed by atoms with Crippen molar-refractivity contribution in [3.63, 3.8) is 0 Å². The molecule has 3 nitrogen and oxygen atoms in total. The molecule has 0 N–H and O–H groups in total. The van der Waals surface area contributed by atoms with Crippen LogP contribution in [0.2, 0.25) is 5.02 Å². The quantitative estimate of drug-likeness (QED) is 0.689. The molecule has 0 radical (unpaired) electrons. The van der Waals surface area contributed by atoms with Crippen molar-refractivity contribution < 1.29 is 9.53 Å². The van der Waals surface area contributed by atoms with Gasteiger partial charge in [-0.25, -0.2) is 0 Å². The zero-order valence-corrected chi connectivity index (χ0v) is 9.25. The van der Waals surface area contributed by atoms with E-state index in [1.54, 1.807) is 12.3 Å². The van der Waals surface area contributed by atoms with Crippen LogP contribution in [-0.4, -0.2) is 18.1 Å². The number of methoxy groups -OCH3 is 1. The highest BCUT2D eigenvalue weighted by molar-refractivity contribution is 6.31. The van der Waals surface area contributed by atoms with Gasteiger partial charge in [-0.05, 0) is 30.9 Å². The number of fused-ring (bicyclic) bond motifs is 1. The second-order valence-electron chi connectivity index (χ2n) is 3.62. The van der Waals surface area contributed by atoms with Gasteiger partial charge in [0.05, 0.1) is 18.7 Å². The SMILES string of the molecule is COC(=O)C1CCCc2c(Cl)ccnc21. The lowest BCUT2D eigenvalue weighted by molar-refractivity contribution is -0.142. The van der Waals surface area contributed by atoms with Gasteiger partial charge < -0.3 is 4.74 Å². The summed E-state index contributed by atoms with van der Waals surface area (Å²) in [7, 11) is 1.40. The summed E-state index contributed by atoms with van der Waals surface area (Å²) in [5.41, 5.74) is 1.79. The van der Waals surface area contributed by atoms with Gasteiger partial charge in [0.25, 0.3) is 0 Å². The van der Waals surface area contributed by atoms with Gasteiger partial charge in [-0.15, -0.1) is 0 Å². The molecule has 1 aliphatic carbocycles. The predicted octanol–water partition coefficient (Wildman–Crippen LogP) is 2.33. The Hall–Kier alpha value is -1.09. The third-order valence-electron chi connectivity index (χ3n) is 2.77. The number of rotatable bonds is 1. The predicted molar refractivity (Wildman–Crippen MR) is 56.9 cm³/mol. The summed E-state index contributed by atoms with van der Waals surface area (Å²) in [6.45, 7) is 0. The summed E-state index contributed by atoms with van der Waals surface area (Å²) in [4.78, 5) is 15.8. The average molecular weight is 226 g/mol. The van der Waals surface area contributed by atoms with Crippen molar-refractivity contribution in [2.24, 2.45) is 0 Å². The lowest BCUT2D eigenvalue weighted by Crippen LogP contribution is -2.21. The number of hydrogen-bond acceptors (Lipinski definition) is 3. The van der Waals surface area contributed by atoms with E-state index in [2.05, 4.69) is 4.98 Å². The molecule has 0 aliphatic heterocycles. The Morgan fingerprint density at radius 1 is 1.67 bits per heavy atom. The van der Waals surface area contributed by atoms with E-state index in [0.29, 0.717) is 5.02 Å². The zero-order valence-electron chi connectivity index (χ0n) is 8.50. The van der Waals surface area contributed by atoms with Gasteiger partial charge in [-0.3, -0.25) is 9.78 Å². The molecule has 0 aromatic carbocycles. The fourth-order valence-corrected chi connectivity index (χ4v) is 2.27. The van der Waals surface area contributed by atoms with E-state index in [0.717, 1.165) is 30.5 Å². The number of hydrogen-bond donors (Lipinski definition) is 0. The lowest BCUT2D eigenvalue weighted by atomic mass is 9.86. The minimum atomic E-state index is -0.238. The van der Waals surface area contributed by atoms with Gasteiger partial charge in [-0.2, -0.15) is 0 Å². The summed E-state index contributed by atoms with van der Waals surface area (Å²) >= 11 is 6.06. The van der Waals surface area contributed by atoms with Crippen LogP contribution >= 0.6 is 11.6 Å². The van der Waals surface area contributed by atoms with Crippen LogP contribution in [0.5, 0.6) is 0 Å². The van der Waals surface area contributed by atoms with Crippen molar-refractivity contribution in [2.45, 2.75) is 25.2 Å². The molecule has 1 atom stereocenters. The van der Waals surface area contributed by atoms with Crippen LogP contribution < -0.4 is 0 Å². The number of carbonyl (C=O) groups excluding carboxylic acids is 1. The van der Waals surface area contributed by atoms with E-state index in [1.807, 2.05) is 0 Å². The normalized spacial score (nSPS) is 19.5. The highest BCUT2D eigenvalue weighted by Crippen LogP contribution is 2.34. The minimum Gasteiger partial charge on any atom is -0.469 e. The number of aromatic nitrogens is 1. The first-order valence-corrected chi connectivity index (χ1v) is 5.33. The van der Waals surface area contributed by atoms with Gasteiger partial charge in [0, 0.05) is 11.2 Å². The number of carbonyl (C=O) groups is 1. The summed E-state index contributed by atoms with van der Waals surface area (Å²) in [5, 5.41) is 0.702. The first-order chi connectivity index (χ1) is 7.24. The number of halogens is 1. The Morgan fingerprint density at radius 2 is 2.47 bits per heavy atom. The third-order valence-corrected chi connectivity index (χ3v) is 3.12. The summed E-state index contributed by atoms with van der Waals surface area (Å²) in [5.74, 6) is -0.455. The van der Waals surface area contributed by atoms with Gasteiger partial charge in [0.1, 0.15) is 0 Å². The molecule has 4 heteroatoms.